The zero-order chi connectivity index (χ0) is 22.8. The third kappa shape index (κ3) is 7.61. The summed E-state index contributed by atoms with van der Waals surface area (Å²) in [4.78, 5) is 25.9. The van der Waals surface area contributed by atoms with E-state index in [4.69, 9.17) is 32.7 Å². The molecular weight excluding hydrogens is 443 g/mol. The number of nitrogens with one attached hydrogen (secondary N) is 1. The number of anilines is 1. The van der Waals surface area contributed by atoms with Crippen molar-refractivity contribution in [1.29, 1.82) is 0 Å². The molecule has 0 aliphatic heterocycles. The van der Waals surface area contributed by atoms with E-state index in [-0.39, 0.29) is 23.3 Å². The van der Waals surface area contributed by atoms with Gasteiger partial charge in [0, 0.05) is 12.2 Å². The van der Waals surface area contributed by atoms with Crippen LogP contribution in [0.1, 0.15) is 24.2 Å². The van der Waals surface area contributed by atoms with E-state index >= 15 is 0 Å². The van der Waals surface area contributed by atoms with Crippen molar-refractivity contribution in [2.45, 2.75) is 13.8 Å². The van der Waals surface area contributed by atoms with Crippen LogP contribution in [0, 0.1) is 0 Å². The van der Waals surface area contributed by atoms with E-state index in [0.29, 0.717) is 28.6 Å². The molecule has 9 heteroatoms. The fourth-order valence-electron chi connectivity index (χ4n) is 2.72. The summed E-state index contributed by atoms with van der Waals surface area (Å²) in [6.07, 6.45) is 0. The maximum absolute atomic E-state index is 12.2. The Morgan fingerprint density at radius 3 is 2.23 bits per heavy atom. The number of esters is 1. The number of halogens is 2. The first-order chi connectivity index (χ1) is 14.9. The fraction of sp³-hybridized carbons (Fsp3) is 0.364. The minimum atomic E-state index is -0.511. The first kappa shape index (κ1) is 24.8. The molecule has 0 radical (unpaired) electrons. The number of likely N-dealkylation sites (N-methyl/N-ethyl adjacent to an activating group) is 1. The highest BCUT2D eigenvalue weighted by molar-refractivity contribution is 6.32. The molecule has 0 aliphatic carbocycles. The largest absolute Gasteiger partial charge is 0.491 e. The number of benzene rings is 2. The number of rotatable bonds is 11. The SMILES string of the molecule is CCN(CC)CCOc1ccc(NC(=O)COc2ccc(C(=O)OC)cc2Cl)cc1Cl. The first-order valence-corrected chi connectivity index (χ1v) is 10.6. The summed E-state index contributed by atoms with van der Waals surface area (Å²) < 4.78 is 15.8. The maximum atomic E-state index is 12.2. The van der Waals surface area contributed by atoms with Gasteiger partial charge in [-0.15, -0.1) is 0 Å². The molecule has 7 nitrogen and oxygen atoms in total. The standard InChI is InChI=1S/C22H26Cl2N2O5/c1-4-26(5-2)10-11-30-19-9-7-16(13-18(19)24)25-21(27)14-31-20-8-6-15(12-17(20)23)22(28)29-3/h6-9,12-13H,4-5,10-11,14H2,1-3H3,(H,25,27). The van der Waals surface area contributed by atoms with Crippen LogP contribution < -0.4 is 14.8 Å². The molecular formula is C22H26Cl2N2O5. The molecule has 0 heterocycles. The van der Waals surface area contributed by atoms with E-state index in [1.54, 1.807) is 18.2 Å². The Morgan fingerprint density at radius 2 is 1.61 bits per heavy atom. The number of carbonyl (C=O) groups is 2. The molecule has 168 valence electrons. The van der Waals surface area contributed by atoms with Gasteiger partial charge in [0.15, 0.2) is 6.61 Å². The summed E-state index contributed by atoms with van der Waals surface area (Å²) in [5.74, 6) is -0.0667. The lowest BCUT2D eigenvalue weighted by Crippen LogP contribution is -2.27. The quantitative estimate of drug-likeness (QED) is 0.488. The molecule has 2 aromatic rings. The summed E-state index contributed by atoms with van der Waals surface area (Å²) in [6.45, 7) is 7.18. The predicted octanol–water partition coefficient (Wildman–Crippen LogP) is 4.52. The maximum Gasteiger partial charge on any atom is 0.337 e. The Kier molecular flexibility index (Phi) is 9.91. The minimum Gasteiger partial charge on any atom is -0.491 e. The molecule has 2 aromatic carbocycles. The van der Waals surface area contributed by atoms with Crippen LogP contribution in [0.5, 0.6) is 11.5 Å². The van der Waals surface area contributed by atoms with Crippen molar-refractivity contribution in [2.75, 3.05) is 45.3 Å². The summed E-state index contributed by atoms with van der Waals surface area (Å²) in [6, 6.07) is 9.45. The smallest absolute Gasteiger partial charge is 0.337 e. The molecule has 31 heavy (non-hydrogen) atoms. The van der Waals surface area contributed by atoms with Crippen molar-refractivity contribution in [3.05, 3.63) is 52.0 Å². The van der Waals surface area contributed by atoms with Gasteiger partial charge in [0.25, 0.3) is 5.91 Å². The molecule has 0 saturated carbocycles. The van der Waals surface area contributed by atoms with Crippen LogP contribution in [-0.4, -0.2) is 56.7 Å². The van der Waals surface area contributed by atoms with Crippen molar-refractivity contribution in [3.8, 4) is 11.5 Å². The van der Waals surface area contributed by atoms with Gasteiger partial charge in [-0.3, -0.25) is 4.79 Å². The lowest BCUT2D eigenvalue weighted by atomic mass is 10.2. The van der Waals surface area contributed by atoms with Crippen LogP contribution >= 0.6 is 23.2 Å². The van der Waals surface area contributed by atoms with Crippen LogP contribution in [0.25, 0.3) is 0 Å². The number of ether oxygens (including phenoxy) is 3. The van der Waals surface area contributed by atoms with E-state index in [1.807, 2.05) is 0 Å². The zero-order valence-corrected chi connectivity index (χ0v) is 19.3. The molecule has 2 rings (SSSR count). The van der Waals surface area contributed by atoms with E-state index in [0.717, 1.165) is 19.6 Å². The van der Waals surface area contributed by atoms with Gasteiger partial charge in [-0.1, -0.05) is 37.0 Å². The van der Waals surface area contributed by atoms with Crippen LogP contribution in [0.4, 0.5) is 5.69 Å². The minimum absolute atomic E-state index is 0.199. The molecule has 0 aromatic heterocycles. The highest BCUT2D eigenvalue weighted by Crippen LogP contribution is 2.28. The second-order valence-electron chi connectivity index (χ2n) is 6.49. The topological polar surface area (TPSA) is 77.1 Å². The number of carbonyl (C=O) groups excluding carboxylic acids is 2. The molecule has 0 fully saturated rings. The highest BCUT2D eigenvalue weighted by Gasteiger charge is 2.12. The van der Waals surface area contributed by atoms with Crippen molar-refractivity contribution < 1.29 is 23.8 Å². The summed E-state index contributed by atoms with van der Waals surface area (Å²) in [5.41, 5.74) is 0.806. The van der Waals surface area contributed by atoms with Gasteiger partial charge in [-0.25, -0.2) is 4.79 Å². The number of hydrogen-bond acceptors (Lipinski definition) is 6. The molecule has 0 atom stereocenters. The van der Waals surface area contributed by atoms with Crippen molar-refractivity contribution >= 4 is 40.8 Å². The molecule has 0 saturated heterocycles. The van der Waals surface area contributed by atoms with E-state index < -0.39 is 5.97 Å². The van der Waals surface area contributed by atoms with Crippen LogP contribution in [0.15, 0.2) is 36.4 Å². The molecule has 0 bridgehead atoms. The number of methoxy groups -OCH3 is 1. The fourth-order valence-corrected chi connectivity index (χ4v) is 3.19. The monoisotopic (exact) mass is 468 g/mol. The van der Waals surface area contributed by atoms with Crippen LogP contribution in [0.2, 0.25) is 10.0 Å². The van der Waals surface area contributed by atoms with Gasteiger partial charge in [0.1, 0.15) is 18.1 Å². The lowest BCUT2D eigenvalue weighted by Gasteiger charge is -2.18. The highest BCUT2D eigenvalue weighted by atomic mass is 35.5. The van der Waals surface area contributed by atoms with Gasteiger partial charge in [-0.2, -0.15) is 0 Å². The van der Waals surface area contributed by atoms with Crippen LogP contribution in [0.3, 0.4) is 0 Å². The average Bonchev–Trinajstić information content (AvgIpc) is 2.76. The van der Waals surface area contributed by atoms with Gasteiger partial charge in [-0.05, 0) is 49.5 Å². The van der Waals surface area contributed by atoms with Crippen molar-refractivity contribution in [2.24, 2.45) is 0 Å². The van der Waals surface area contributed by atoms with Crippen molar-refractivity contribution in [1.82, 2.24) is 4.90 Å². The Bertz CT molecular complexity index is 903. The Morgan fingerprint density at radius 1 is 0.968 bits per heavy atom. The summed E-state index contributed by atoms with van der Waals surface area (Å²) in [7, 11) is 1.28. The third-order valence-corrected chi connectivity index (χ3v) is 5.08. The van der Waals surface area contributed by atoms with Crippen LogP contribution in [-0.2, 0) is 9.53 Å². The van der Waals surface area contributed by atoms with E-state index in [1.165, 1.54) is 25.3 Å². The van der Waals surface area contributed by atoms with Gasteiger partial charge < -0.3 is 24.4 Å². The van der Waals surface area contributed by atoms with E-state index in [2.05, 4.69) is 28.8 Å². The van der Waals surface area contributed by atoms with E-state index in [9.17, 15) is 9.59 Å². The molecule has 0 spiro atoms. The van der Waals surface area contributed by atoms with Gasteiger partial charge in [0.2, 0.25) is 0 Å². The second-order valence-corrected chi connectivity index (χ2v) is 7.31. The number of hydrogen-bond donors (Lipinski definition) is 1. The zero-order valence-electron chi connectivity index (χ0n) is 17.7. The lowest BCUT2D eigenvalue weighted by molar-refractivity contribution is -0.118. The van der Waals surface area contributed by atoms with Gasteiger partial charge >= 0.3 is 5.97 Å². The second kappa shape index (κ2) is 12.4. The normalized spacial score (nSPS) is 10.6. The predicted molar refractivity (Wildman–Crippen MR) is 122 cm³/mol. The Labute approximate surface area is 192 Å². The number of nitrogens with zero attached hydrogens (tertiary/aromatic N) is 1. The average molecular weight is 469 g/mol. The van der Waals surface area contributed by atoms with Crippen molar-refractivity contribution in [3.63, 3.8) is 0 Å². The molecule has 0 aliphatic rings. The molecule has 0 unspecified atom stereocenters. The Hall–Kier alpha value is -2.48. The van der Waals surface area contributed by atoms with Gasteiger partial charge in [0.05, 0.1) is 22.7 Å². The molecule has 1 N–H and O–H groups in total. The molecule has 1 amide bonds. The first-order valence-electron chi connectivity index (χ1n) is 9.83. The number of amides is 1. The summed E-state index contributed by atoms with van der Waals surface area (Å²) in [5, 5.41) is 3.30. The summed E-state index contributed by atoms with van der Waals surface area (Å²) >= 11 is 12.4. The Balaban J connectivity index is 1.87. The third-order valence-electron chi connectivity index (χ3n) is 4.49.